The zero-order valence-corrected chi connectivity index (χ0v) is 15.0. The Morgan fingerprint density at radius 3 is 2.41 bits per heavy atom. The van der Waals surface area contributed by atoms with Crippen molar-refractivity contribution in [2.45, 2.75) is 13.1 Å². The van der Waals surface area contributed by atoms with Crippen molar-refractivity contribution in [3.05, 3.63) is 65.7 Å². The molecule has 6 nitrogen and oxygen atoms in total. The van der Waals surface area contributed by atoms with Crippen LogP contribution in [0.15, 0.2) is 48.7 Å². The quantitative estimate of drug-likeness (QED) is 0.490. The van der Waals surface area contributed by atoms with Crippen molar-refractivity contribution in [2.24, 2.45) is 0 Å². The van der Waals surface area contributed by atoms with Gasteiger partial charge in [0.1, 0.15) is 11.3 Å². The largest absolute Gasteiger partial charge is 0.416 e. The first-order valence-electron chi connectivity index (χ1n) is 8.45. The second-order valence-corrected chi connectivity index (χ2v) is 6.27. The summed E-state index contributed by atoms with van der Waals surface area (Å²) in [7, 11) is 0. The van der Waals surface area contributed by atoms with E-state index in [-0.39, 0.29) is 17.3 Å². The Morgan fingerprint density at radius 2 is 1.72 bits per heavy atom. The zero-order chi connectivity index (χ0) is 20.8. The number of anilines is 3. The van der Waals surface area contributed by atoms with Gasteiger partial charge in [-0.3, -0.25) is 4.40 Å². The van der Waals surface area contributed by atoms with Crippen molar-refractivity contribution in [1.82, 2.24) is 19.4 Å². The smallest absolute Gasteiger partial charge is 0.381 e. The molecule has 0 saturated heterocycles. The summed E-state index contributed by atoms with van der Waals surface area (Å²) in [4.78, 5) is 12.6. The minimum Gasteiger partial charge on any atom is -0.381 e. The molecule has 4 aromatic rings. The third kappa shape index (κ3) is 3.44. The Balaban J connectivity index is 1.76. The van der Waals surface area contributed by atoms with Crippen molar-refractivity contribution in [2.75, 3.05) is 11.1 Å². The lowest BCUT2D eigenvalue weighted by atomic mass is 10.2. The number of nitrogens with zero attached hydrogens (tertiary/aromatic N) is 4. The van der Waals surface area contributed by atoms with Gasteiger partial charge in [0.2, 0.25) is 5.82 Å². The molecule has 3 aromatic heterocycles. The number of nitrogens with one attached hydrogen (secondary N) is 1. The van der Waals surface area contributed by atoms with E-state index >= 15 is 0 Å². The Labute approximate surface area is 162 Å². The second kappa shape index (κ2) is 6.73. The number of pyridine rings is 1. The molecule has 0 amide bonds. The van der Waals surface area contributed by atoms with Crippen LogP contribution in [0.4, 0.5) is 34.9 Å². The van der Waals surface area contributed by atoms with Crippen LogP contribution < -0.4 is 11.1 Å². The lowest BCUT2D eigenvalue weighted by molar-refractivity contribution is -0.137. The summed E-state index contributed by atoms with van der Waals surface area (Å²) in [5.74, 6) is -1.41. The number of hydrogen-bond donors (Lipinski definition) is 2. The molecule has 4 rings (SSSR count). The topological polar surface area (TPSA) is 81.1 Å². The standard InChI is InChI=1S/C19H14F4N6/c1-10-15(29-9-3-2-4-13(29)25-10)18-27-16(24)14(20)17(28-18)26-12-7-5-11(6-8-12)19(21,22)23/h2-9H,1H3,(H3,24,26,27,28). The Bertz CT molecular complexity index is 1200. The van der Waals surface area contributed by atoms with Gasteiger partial charge in [-0.05, 0) is 43.3 Å². The molecule has 10 heteroatoms. The van der Waals surface area contributed by atoms with E-state index in [4.69, 9.17) is 5.73 Å². The van der Waals surface area contributed by atoms with Crippen LogP contribution in [0, 0.1) is 12.7 Å². The average Bonchev–Trinajstić information content (AvgIpc) is 3.00. The van der Waals surface area contributed by atoms with E-state index in [0.29, 0.717) is 17.0 Å². The van der Waals surface area contributed by atoms with Gasteiger partial charge in [-0.1, -0.05) is 6.07 Å². The molecule has 148 valence electrons. The van der Waals surface area contributed by atoms with Crippen LogP contribution in [-0.2, 0) is 6.18 Å². The maximum Gasteiger partial charge on any atom is 0.416 e. The molecule has 3 heterocycles. The van der Waals surface area contributed by atoms with Gasteiger partial charge < -0.3 is 11.1 Å². The Morgan fingerprint density at radius 1 is 1.00 bits per heavy atom. The van der Waals surface area contributed by atoms with Gasteiger partial charge in [0.05, 0.1) is 11.3 Å². The van der Waals surface area contributed by atoms with Gasteiger partial charge in [-0.15, -0.1) is 0 Å². The third-order valence-corrected chi connectivity index (χ3v) is 4.27. The van der Waals surface area contributed by atoms with Crippen molar-refractivity contribution in [3.8, 4) is 11.5 Å². The SMILES string of the molecule is Cc1nc2ccccn2c1-c1nc(N)c(F)c(Nc2ccc(C(F)(F)F)cc2)n1. The predicted molar refractivity (Wildman–Crippen MR) is 100 cm³/mol. The molecule has 0 spiro atoms. The Hall–Kier alpha value is -3.69. The van der Waals surface area contributed by atoms with E-state index in [9.17, 15) is 17.6 Å². The molecule has 0 fully saturated rings. The first kappa shape index (κ1) is 18.7. The lowest BCUT2D eigenvalue weighted by Gasteiger charge is -2.12. The predicted octanol–water partition coefficient (Wildman–Crippen LogP) is 4.58. The average molecular weight is 402 g/mol. The van der Waals surface area contributed by atoms with E-state index in [2.05, 4.69) is 20.3 Å². The van der Waals surface area contributed by atoms with E-state index in [1.165, 1.54) is 12.1 Å². The molecule has 0 atom stereocenters. The number of imidazole rings is 1. The minimum absolute atomic E-state index is 0.134. The van der Waals surface area contributed by atoms with Crippen LogP contribution in [0.1, 0.15) is 11.3 Å². The summed E-state index contributed by atoms with van der Waals surface area (Å²) in [5.41, 5.74) is 6.92. The first-order valence-corrected chi connectivity index (χ1v) is 8.45. The van der Waals surface area contributed by atoms with Gasteiger partial charge in [0.25, 0.3) is 0 Å². The number of fused-ring (bicyclic) bond motifs is 1. The number of aromatic nitrogens is 4. The molecule has 0 aliphatic rings. The highest BCUT2D eigenvalue weighted by Gasteiger charge is 2.30. The van der Waals surface area contributed by atoms with E-state index in [0.717, 1.165) is 12.1 Å². The third-order valence-electron chi connectivity index (χ3n) is 4.27. The number of hydrogen-bond acceptors (Lipinski definition) is 5. The van der Waals surface area contributed by atoms with Gasteiger partial charge >= 0.3 is 6.18 Å². The van der Waals surface area contributed by atoms with E-state index in [1.807, 2.05) is 6.07 Å². The monoisotopic (exact) mass is 402 g/mol. The van der Waals surface area contributed by atoms with Crippen molar-refractivity contribution < 1.29 is 17.6 Å². The van der Waals surface area contributed by atoms with Crippen LogP contribution >= 0.6 is 0 Å². The molecular formula is C19H14F4N6. The first-order chi connectivity index (χ1) is 13.7. The number of rotatable bonds is 3. The summed E-state index contributed by atoms with van der Waals surface area (Å²) >= 11 is 0. The van der Waals surface area contributed by atoms with Gasteiger partial charge in [0, 0.05) is 11.9 Å². The van der Waals surface area contributed by atoms with Crippen LogP contribution in [0.25, 0.3) is 17.2 Å². The molecule has 0 saturated carbocycles. The Kier molecular flexibility index (Phi) is 4.33. The van der Waals surface area contributed by atoms with Gasteiger partial charge in [0.15, 0.2) is 17.5 Å². The molecular weight excluding hydrogens is 388 g/mol. The molecule has 3 N–H and O–H groups in total. The molecule has 1 aromatic carbocycles. The fourth-order valence-electron chi connectivity index (χ4n) is 2.92. The fourth-order valence-corrected chi connectivity index (χ4v) is 2.92. The molecule has 0 aliphatic carbocycles. The van der Waals surface area contributed by atoms with Crippen molar-refractivity contribution in [1.29, 1.82) is 0 Å². The molecule has 0 radical (unpaired) electrons. The van der Waals surface area contributed by atoms with Crippen LogP contribution in [0.5, 0.6) is 0 Å². The normalized spacial score (nSPS) is 11.8. The summed E-state index contributed by atoms with van der Waals surface area (Å²) in [6.07, 6.45) is -2.70. The molecule has 0 bridgehead atoms. The number of aryl methyl sites for hydroxylation is 1. The summed E-state index contributed by atoms with van der Waals surface area (Å²) < 4.78 is 54.4. The van der Waals surface area contributed by atoms with Crippen LogP contribution in [0.2, 0.25) is 0 Å². The summed E-state index contributed by atoms with van der Waals surface area (Å²) in [5, 5.41) is 2.66. The lowest BCUT2D eigenvalue weighted by Crippen LogP contribution is -2.08. The van der Waals surface area contributed by atoms with E-state index in [1.54, 1.807) is 29.7 Å². The van der Waals surface area contributed by atoms with Crippen LogP contribution in [-0.4, -0.2) is 19.4 Å². The van der Waals surface area contributed by atoms with Gasteiger partial charge in [-0.25, -0.2) is 15.0 Å². The van der Waals surface area contributed by atoms with Crippen molar-refractivity contribution in [3.63, 3.8) is 0 Å². The number of nitrogens with two attached hydrogens (primary N) is 1. The highest BCUT2D eigenvalue weighted by molar-refractivity contribution is 5.67. The van der Waals surface area contributed by atoms with Crippen molar-refractivity contribution >= 4 is 23.0 Å². The molecule has 0 aliphatic heterocycles. The maximum absolute atomic E-state index is 14.5. The molecule has 0 unspecified atom stereocenters. The number of nitrogen functional groups attached to an aromatic ring is 1. The minimum atomic E-state index is -4.46. The molecule has 29 heavy (non-hydrogen) atoms. The van der Waals surface area contributed by atoms with Crippen LogP contribution in [0.3, 0.4) is 0 Å². The highest BCUT2D eigenvalue weighted by Crippen LogP contribution is 2.31. The van der Waals surface area contributed by atoms with E-state index < -0.39 is 23.4 Å². The highest BCUT2D eigenvalue weighted by atomic mass is 19.4. The fraction of sp³-hybridized carbons (Fsp3) is 0.105. The number of benzene rings is 1. The maximum atomic E-state index is 14.5. The number of halogens is 4. The summed E-state index contributed by atoms with van der Waals surface area (Å²) in [6.45, 7) is 1.76. The zero-order valence-electron chi connectivity index (χ0n) is 15.0. The van der Waals surface area contributed by atoms with Gasteiger partial charge in [-0.2, -0.15) is 17.6 Å². The number of alkyl halides is 3. The summed E-state index contributed by atoms with van der Waals surface area (Å²) in [6, 6.07) is 9.56. The second-order valence-electron chi connectivity index (χ2n) is 6.27.